The van der Waals surface area contributed by atoms with Crippen molar-refractivity contribution in [3.63, 3.8) is 0 Å². The van der Waals surface area contributed by atoms with Crippen molar-refractivity contribution in [3.05, 3.63) is 71.7 Å². The van der Waals surface area contributed by atoms with E-state index in [9.17, 15) is 4.79 Å². The summed E-state index contributed by atoms with van der Waals surface area (Å²) in [7, 11) is 0. The van der Waals surface area contributed by atoms with Gasteiger partial charge in [0.05, 0.1) is 11.0 Å². The molecule has 6 heteroatoms. The Hall–Kier alpha value is -3.41. The van der Waals surface area contributed by atoms with E-state index < -0.39 is 0 Å². The largest absolute Gasteiger partial charge is 0.360 e. The van der Waals surface area contributed by atoms with Crippen LogP contribution in [0.2, 0.25) is 0 Å². The number of hydrogen-bond acceptors (Lipinski definition) is 4. The van der Waals surface area contributed by atoms with E-state index in [-0.39, 0.29) is 5.91 Å². The Kier molecular flexibility index (Phi) is 4.93. The van der Waals surface area contributed by atoms with Crippen molar-refractivity contribution in [1.82, 2.24) is 20.0 Å². The minimum absolute atomic E-state index is 0.162. The zero-order valence-corrected chi connectivity index (χ0v) is 16.0. The smallest absolute Gasteiger partial charge is 0.257 e. The van der Waals surface area contributed by atoms with Gasteiger partial charge in [-0.15, -0.1) is 0 Å². The molecular weight excluding hydrogens is 352 g/mol. The number of fused-ring (bicyclic) bond motifs is 1. The van der Waals surface area contributed by atoms with Crippen molar-refractivity contribution in [2.45, 2.75) is 26.8 Å². The molecule has 2 heterocycles. The van der Waals surface area contributed by atoms with Gasteiger partial charge in [0.1, 0.15) is 22.8 Å². The highest BCUT2D eigenvalue weighted by Crippen LogP contribution is 2.24. The van der Waals surface area contributed by atoms with Crippen LogP contribution in [0.1, 0.15) is 28.4 Å². The van der Waals surface area contributed by atoms with E-state index in [0.717, 1.165) is 35.4 Å². The number of aromatic nitrogens is 3. The molecule has 6 nitrogen and oxygen atoms in total. The van der Waals surface area contributed by atoms with Crippen LogP contribution in [-0.2, 0) is 6.54 Å². The predicted molar refractivity (Wildman–Crippen MR) is 108 cm³/mol. The van der Waals surface area contributed by atoms with Crippen LogP contribution in [0.15, 0.2) is 59.1 Å². The lowest BCUT2D eigenvalue weighted by Gasteiger charge is -2.08. The average Bonchev–Trinajstić information content (AvgIpc) is 3.25. The molecule has 0 fully saturated rings. The number of imidazole rings is 1. The van der Waals surface area contributed by atoms with E-state index in [1.165, 1.54) is 0 Å². The van der Waals surface area contributed by atoms with Crippen LogP contribution in [0, 0.1) is 13.8 Å². The van der Waals surface area contributed by atoms with Crippen LogP contribution >= 0.6 is 0 Å². The Balaban J connectivity index is 1.42. The van der Waals surface area contributed by atoms with Gasteiger partial charge in [-0.1, -0.05) is 47.6 Å². The molecule has 0 unspecified atom stereocenters. The van der Waals surface area contributed by atoms with Gasteiger partial charge in [-0.2, -0.15) is 0 Å². The number of amides is 1. The fraction of sp³-hybridized carbons (Fsp3) is 0.227. The van der Waals surface area contributed by atoms with Crippen LogP contribution in [0.5, 0.6) is 0 Å². The highest BCUT2D eigenvalue weighted by atomic mass is 16.5. The summed E-state index contributed by atoms with van der Waals surface area (Å²) in [5.41, 5.74) is 4.05. The van der Waals surface area contributed by atoms with Crippen molar-refractivity contribution in [2.24, 2.45) is 0 Å². The van der Waals surface area contributed by atoms with Crippen molar-refractivity contribution >= 4 is 16.9 Å². The third-order valence-electron chi connectivity index (χ3n) is 4.83. The van der Waals surface area contributed by atoms with Crippen molar-refractivity contribution < 1.29 is 9.32 Å². The van der Waals surface area contributed by atoms with Gasteiger partial charge >= 0.3 is 0 Å². The number of hydrogen-bond donors (Lipinski definition) is 1. The molecule has 142 valence electrons. The third kappa shape index (κ3) is 3.41. The van der Waals surface area contributed by atoms with E-state index in [0.29, 0.717) is 23.6 Å². The molecule has 0 radical (unpaired) electrons. The lowest BCUT2D eigenvalue weighted by Crippen LogP contribution is -2.26. The molecule has 0 aliphatic heterocycles. The van der Waals surface area contributed by atoms with Gasteiger partial charge in [-0.05, 0) is 32.4 Å². The second-order valence-corrected chi connectivity index (χ2v) is 6.74. The number of carbonyl (C=O) groups excluding carboxylic acids is 1. The Morgan fingerprint density at radius 3 is 2.64 bits per heavy atom. The lowest BCUT2D eigenvalue weighted by molar-refractivity contribution is 0.0952. The van der Waals surface area contributed by atoms with Crippen LogP contribution < -0.4 is 5.32 Å². The molecule has 28 heavy (non-hydrogen) atoms. The predicted octanol–water partition coefficient (Wildman–Crippen LogP) is 4.13. The van der Waals surface area contributed by atoms with Crippen molar-refractivity contribution in [1.29, 1.82) is 0 Å². The second kappa shape index (κ2) is 7.68. The molecule has 4 aromatic rings. The zero-order chi connectivity index (χ0) is 19.5. The van der Waals surface area contributed by atoms with Crippen LogP contribution in [-0.4, -0.2) is 27.2 Å². The van der Waals surface area contributed by atoms with E-state index >= 15 is 0 Å². The quantitative estimate of drug-likeness (QED) is 0.515. The van der Waals surface area contributed by atoms with E-state index in [1.54, 1.807) is 6.92 Å². The molecule has 0 spiro atoms. The van der Waals surface area contributed by atoms with Crippen LogP contribution in [0.3, 0.4) is 0 Å². The summed E-state index contributed by atoms with van der Waals surface area (Å²) >= 11 is 0. The molecule has 2 aromatic heterocycles. The Morgan fingerprint density at radius 2 is 1.82 bits per heavy atom. The number of benzene rings is 2. The molecule has 2 aromatic carbocycles. The van der Waals surface area contributed by atoms with Crippen LogP contribution in [0.4, 0.5) is 0 Å². The Labute approximate surface area is 163 Å². The van der Waals surface area contributed by atoms with Gasteiger partial charge in [0.15, 0.2) is 0 Å². The van der Waals surface area contributed by atoms with Gasteiger partial charge in [0, 0.05) is 18.7 Å². The summed E-state index contributed by atoms with van der Waals surface area (Å²) in [6.45, 7) is 5.12. The fourth-order valence-corrected chi connectivity index (χ4v) is 3.44. The SMILES string of the molecule is Cc1onc(-c2ccccc2)c1C(=O)NCCCn1c(C)nc2ccccc21. The molecule has 0 aliphatic rings. The van der Waals surface area contributed by atoms with E-state index in [4.69, 9.17) is 4.52 Å². The monoisotopic (exact) mass is 374 g/mol. The van der Waals surface area contributed by atoms with Gasteiger partial charge in [0.25, 0.3) is 5.91 Å². The van der Waals surface area contributed by atoms with Gasteiger partial charge in [-0.3, -0.25) is 4.79 Å². The highest BCUT2D eigenvalue weighted by molar-refractivity contribution is 6.00. The second-order valence-electron chi connectivity index (χ2n) is 6.74. The summed E-state index contributed by atoms with van der Waals surface area (Å²) < 4.78 is 7.46. The maximum absolute atomic E-state index is 12.7. The summed E-state index contributed by atoms with van der Waals surface area (Å²) in [6.07, 6.45) is 0.804. The highest BCUT2D eigenvalue weighted by Gasteiger charge is 2.21. The molecule has 0 atom stereocenters. The number of para-hydroxylation sites is 2. The first-order valence-corrected chi connectivity index (χ1v) is 9.37. The summed E-state index contributed by atoms with van der Waals surface area (Å²) in [4.78, 5) is 17.3. The Bertz CT molecular complexity index is 1110. The lowest BCUT2D eigenvalue weighted by atomic mass is 10.1. The molecule has 0 bridgehead atoms. The zero-order valence-electron chi connectivity index (χ0n) is 16.0. The summed E-state index contributed by atoms with van der Waals surface area (Å²) in [5.74, 6) is 1.34. The number of rotatable bonds is 6. The molecular formula is C22H22N4O2. The maximum atomic E-state index is 12.7. The standard InChI is InChI=1S/C22H22N4O2/c1-15-20(21(25-28-15)17-9-4-3-5-10-17)22(27)23-13-8-14-26-16(2)24-18-11-6-7-12-19(18)26/h3-7,9-12H,8,13-14H2,1-2H3,(H,23,27). The van der Waals surface area contributed by atoms with Crippen molar-refractivity contribution in [3.8, 4) is 11.3 Å². The topological polar surface area (TPSA) is 73.0 Å². The molecule has 0 aliphatic carbocycles. The maximum Gasteiger partial charge on any atom is 0.257 e. The third-order valence-corrected chi connectivity index (χ3v) is 4.83. The van der Waals surface area contributed by atoms with Crippen LogP contribution in [0.25, 0.3) is 22.3 Å². The molecule has 0 saturated carbocycles. The molecule has 0 saturated heterocycles. The van der Waals surface area contributed by atoms with Crippen molar-refractivity contribution in [2.75, 3.05) is 6.54 Å². The van der Waals surface area contributed by atoms with Gasteiger partial charge in [-0.25, -0.2) is 4.98 Å². The number of aryl methyl sites for hydroxylation is 3. The summed E-state index contributed by atoms with van der Waals surface area (Å²) in [6, 6.07) is 17.7. The number of nitrogens with zero attached hydrogens (tertiary/aromatic N) is 3. The number of carbonyl (C=O) groups is 1. The summed E-state index contributed by atoms with van der Waals surface area (Å²) in [5, 5.41) is 7.07. The first kappa shape index (κ1) is 18.0. The first-order chi connectivity index (χ1) is 13.6. The normalized spacial score (nSPS) is 11.1. The minimum Gasteiger partial charge on any atom is -0.360 e. The minimum atomic E-state index is -0.162. The van der Waals surface area contributed by atoms with Gasteiger partial charge < -0.3 is 14.4 Å². The Morgan fingerprint density at radius 1 is 1.07 bits per heavy atom. The van der Waals surface area contributed by atoms with E-state index in [2.05, 4.69) is 26.1 Å². The molecule has 1 amide bonds. The fourth-order valence-electron chi connectivity index (χ4n) is 3.44. The first-order valence-electron chi connectivity index (χ1n) is 9.37. The molecule has 1 N–H and O–H groups in total. The molecule has 4 rings (SSSR count). The van der Waals surface area contributed by atoms with Gasteiger partial charge in [0.2, 0.25) is 0 Å². The average molecular weight is 374 g/mol. The number of nitrogens with one attached hydrogen (secondary N) is 1. The van der Waals surface area contributed by atoms with E-state index in [1.807, 2.05) is 55.5 Å².